The second kappa shape index (κ2) is 12.0. The summed E-state index contributed by atoms with van der Waals surface area (Å²) in [5, 5.41) is 6.50. The van der Waals surface area contributed by atoms with E-state index in [9.17, 15) is 9.59 Å². The molecule has 7 heteroatoms. The molecule has 2 aromatic rings. The summed E-state index contributed by atoms with van der Waals surface area (Å²) in [6, 6.07) is 17.8. The molecule has 0 aromatic heterocycles. The standard InChI is InChI=1S/C25H33ClN4O2/c1-19(31)28-23(20-9-11-22(26)12-10-20)17-25(32)27-13-6-14-30-16-15-29(2)18-24(30)21-7-4-3-5-8-21/h3-5,7-12,23-24H,6,13-18H2,1-2H3,(H,27,32)(H,28,31). The van der Waals surface area contributed by atoms with Gasteiger partial charge in [-0.25, -0.2) is 0 Å². The van der Waals surface area contributed by atoms with E-state index in [1.54, 1.807) is 12.1 Å². The van der Waals surface area contributed by atoms with Gasteiger partial charge >= 0.3 is 0 Å². The Labute approximate surface area is 195 Å². The summed E-state index contributed by atoms with van der Waals surface area (Å²) in [4.78, 5) is 29.0. The number of nitrogens with one attached hydrogen (secondary N) is 2. The van der Waals surface area contributed by atoms with Gasteiger partial charge in [-0.2, -0.15) is 0 Å². The van der Waals surface area contributed by atoms with E-state index in [2.05, 4.69) is 51.7 Å². The minimum Gasteiger partial charge on any atom is -0.356 e. The minimum atomic E-state index is -0.371. The van der Waals surface area contributed by atoms with Crippen molar-refractivity contribution in [2.75, 3.05) is 39.8 Å². The lowest BCUT2D eigenvalue weighted by Gasteiger charge is -2.40. The van der Waals surface area contributed by atoms with Crippen LogP contribution in [0.5, 0.6) is 0 Å². The Morgan fingerprint density at radius 2 is 1.81 bits per heavy atom. The van der Waals surface area contributed by atoms with Crippen molar-refractivity contribution in [1.82, 2.24) is 20.4 Å². The van der Waals surface area contributed by atoms with Crippen LogP contribution in [0.2, 0.25) is 5.02 Å². The molecule has 0 bridgehead atoms. The summed E-state index contributed by atoms with van der Waals surface area (Å²) in [5.41, 5.74) is 2.20. The number of rotatable bonds is 9. The largest absolute Gasteiger partial charge is 0.356 e. The number of benzene rings is 2. The van der Waals surface area contributed by atoms with Crippen molar-refractivity contribution < 1.29 is 9.59 Å². The molecule has 2 atom stereocenters. The van der Waals surface area contributed by atoms with Crippen LogP contribution in [0.4, 0.5) is 0 Å². The zero-order valence-corrected chi connectivity index (χ0v) is 19.6. The number of hydrogen-bond acceptors (Lipinski definition) is 4. The molecule has 6 nitrogen and oxygen atoms in total. The summed E-state index contributed by atoms with van der Waals surface area (Å²) in [7, 11) is 2.17. The summed E-state index contributed by atoms with van der Waals surface area (Å²) < 4.78 is 0. The number of nitrogens with zero attached hydrogens (tertiary/aromatic N) is 2. The first-order valence-corrected chi connectivity index (χ1v) is 11.6. The molecule has 2 N–H and O–H groups in total. The molecule has 0 saturated carbocycles. The van der Waals surface area contributed by atoms with E-state index in [1.165, 1.54) is 12.5 Å². The van der Waals surface area contributed by atoms with E-state index in [0.717, 1.165) is 38.2 Å². The average Bonchev–Trinajstić information content (AvgIpc) is 2.78. The SMILES string of the molecule is CC(=O)NC(CC(=O)NCCCN1CCN(C)CC1c1ccccc1)c1ccc(Cl)cc1. The first kappa shape index (κ1) is 24.2. The monoisotopic (exact) mass is 456 g/mol. The van der Waals surface area contributed by atoms with Crippen LogP contribution in [0.15, 0.2) is 54.6 Å². The van der Waals surface area contributed by atoms with Gasteiger partial charge in [-0.15, -0.1) is 0 Å². The van der Waals surface area contributed by atoms with Crippen molar-refractivity contribution >= 4 is 23.4 Å². The quantitative estimate of drug-likeness (QED) is 0.567. The number of likely N-dealkylation sites (N-methyl/N-ethyl adjacent to an activating group) is 1. The summed E-state index contributed by atoms with van der Waals surface area (Å²) >= 11 is 5.96. The van der Waals surface area contributed by atoms with Crippen molar-refractivity contribution in [3.63, 3.8) is 0 Å². The van der Waals surface area contributed by atoms with Gasteiger partial charge in [0.1, 0.15) is 0 Å². The number of hydrogen-bond donors (Lipinski definition) is 2. The normalized spacial score (nSPS) is 18.2. The molecular formula is C25H33ClN4O2. The van der Waals surface area contributed by atoms with E-state index in [0.29, 0.717) is 17.6 Å². The van der Waals surface area contributed by atoms with Crippen molar-refractivity contribution in [2.24, 2.45) is 0 Å². The number of halogens is 1. The molecule has 2 amide bonds. The van der Waals surface area contributed by atoms with Gasteiger partial charge < -0.3 is 15.5 Å². The van der Waals surface area contributed by atoms with Crippen LogP contribution < -0.4 is 10.6 Å². The van der Waals surface area contributed by atoms with Crippen molar-refractivity contribution in [1.29, 1.82) is 0 Å². The zero-order chi connectivity index (χ0) is 22.9. The summed E-state index contributed by atoms with van der Waals surface area (Å²) in [5.74, 6) is -0.239. The highest BCUT2D eigenvalue weighted by atomic mass is 35.5. The Kier molecular flexibility index (Phi) is 9.09. The molecule has 0 radical (unpaired) electrons. The number of amides is 2. The van der Waals surface area contributed by atoms with Gasteiger partial charge in [0.15, 0.2) is 0 Å². The molecule has 2 unspecified atom stereocenters. The summed E-state index contributed by atoms with van der Waals surface area (Å²) in [6.45, 7) is 6.08. The van der Waals surface area contributed by atoms with E-state index >= 15 is 0 Å². The lowest BCUT2D eigenvalue weighted by Crippen LogP contribution is -2.47. The van der Waals surface area contributed by atoms with E-state index < -0.39 is 0 Å². The van der Waals surface area contributed by atoms with E-state index in [-0.39, 0.29) is 24.3 Å². The molecule has 0 spiro atoms. The van der Waals surface area contributed by atoms with Crippen LogP contribution in [0.3, 0.4) is 0 Å². The predicted octanol–water partition coefficient (Wildman–Crippen LogP) is 3.40. The highest BCUT2D eigenvalue weighted by molar-refractivity contribution is 6.30. The molecule has 1 aliphatic rings. The molecule has 1 heterocycles. The maximum absolute atomic E-state index is 12.5. The molecule has 32 heavy (non-hydrogen) atoms. The van der Waals surface area contributed by atoms with Crippen molar-refractivity contribution in [2.45, 2.75) is 31.8 Å². The van der Waals surface area contributed by atoms with Gasteiger partial charge in [0, 0.05) is 50.7 Å². The number of piperazine rings is 1. The Morgan fingerprint density at radius 3 is 2.50 bits per heavy atom. The minimum absolute atomic E-state index is 0.0725. The zero-order valence-electron chi connectivity index (χ0n) is 18.9. The molecule has 0 aliphatic carbocycles. The second-order valence-electron chi connectivity index (χ2n) is 8.44. The maximum Gasteiger partial charge on any atom is 0.222 e. The maximum atomic E-state index is 12.5. The van der Waals surface area contributed by atoms with Gasteiger partial charge in [-0.05, 0) is 36.7 Å². The Morgan fingerprint density at radius 1 is 1.09 bits per heavy atom. The number of carbonyl (C=O) groups excluding carboxylic acids is 2. The van der Waals surface area contributed by atoms with Crippen LogP contribution in [-0.4, -0.2) is 61.4 Å². The molecular weight excluding hydrogens is 424 g/mol. The van der Waals surface area contributed by atoms with Gasteiger partial charge in [-0.3, -0.25) is 14.5 Å². The molecule has 1 aliphatic heterocycles. The summed E-state index contributed by atoms with van der Waals surface area (Å²) in [6.07, 6.45) is 1.08. The topological polar surface area (TPSA) is 64.7 Å². The number of carbonyl (C=O) groups is 2. The average molecular weight is 457 g/mol. The highest BCUT2D eigenvalue weighted by Gasteiger charge is 2.26. The van der Waals surface area contributed by atoms with Crippen LogP contribution in [0, 0.1) is 0 Å². The van der Waals surface area contributed by atoms with E-state index in [1.807, 2.05) is 18.2 Å². The first-order valence-electron chi connectivity index (χ1n) is 11.2. The predicted molar refractivity (Wildman–Crippen MR) is 129 cm³/mol. The first-order chi connectivity index (χ1) is 15.4. The Bertz CT molecular complexity index is 875. The van der Waals surface area contributed by atoms with Gasteiger partial charge in [0.25, 0.3) is 0 Å². The van der Waals surface area contributed by atoms with Crippen molar-refractivity contribution in [3.05, 3.63) is 70.7 Å². The highest BCUT2D eigenvalue weighted by Crippen LogP contribution is 2.25. The van der Waals surface area contributed by atoms with Crippen LogP contribution in [0.1, 0.15) is 43.0 Å². The Hall–Kier alpha value is -2.41. The van der Waals surface area contributed by atoms with Gasteiger partial charge in [0.05, 0.1) is 12.5 Å². The molecule has 172 valence electrons. The van der Waals surface area contributed by atoms with Gasteiger partial charge in [0.2, 0.25) is 11.8 Å². The smallest absolute Gasteiger partial charge is 0.222 e. The van der Waals surface area contributed by atoms with E-state index in [4.69, 9.17) is 11.6 Å². The Balaban J connectivity index is 1.48. The molecule has 1 fully saturated rings. The van der Waals surface area contributed by atoms with Gasteiger partial charge in [-0.1, -0.05) is 54.1 Å². The molecule has 3 rings (SSSR count). The molecule has 2 aromatic carbocycles. The lowest BCUT2D eigenvalue weighted by atomic mass is 10.0. The van der Waals surface area contributed by atoms with Crippen LogP contribution >= 0.6 is 11.6 Å². The third-order valence-corrected chi connectivity index (χ3v) is 6.11. The third-order valence-electron chi connectivity index (χ3n) is 5.86. The third kappa shape index (κ3) is 7.33. The molecule has 1 saturated heterocycles. The fourth-order valence-corrected chi connectivity index (χ4v) is 4.30. The van der Waals surface area contributed by atoms with Crippen LogP contribution in [0.25, 0.3) is 0 Å². The van der Waals surface area contributed by atoms with Crippen molar-refractivity contribution in [3.8, 4) is 0 Å². The fourth-order valence-electron chi connectivity index (χ4n) is 4.18. The van der Waals surface area contributed by atoms with Crippen LogP contribution in [-0.2, 0) is 9.59 Å². The second-order valence-corrected chi connectivity index (χ2v) is 8.87. The lowest BCUT2D eigenvalue weighted by molar-refractivity contribution is -0.122. The fraction of sp³-hybridized carbons (Fsp3) is 0.440.